The normalized spacial score (nSPS) is 10.8. The minimum absolute atomic E-state index is 0.0884. The number of benzene rings is 3. The molecule has 3 aromatic rings. The molecule has 0 saturated carbocycles. The summed E-state index contributed by atoms with van der Waals surface area (Å²) in [7, 11) is -3.75. The van der Waals surface area contributed by atoms with Crippen molar-refractivity contribution in [2.24, 2.45) is 0 Å². The lowest BCUT2D eigenvalue weighted by Crippen LogP contribution is -2.20. The minimum Gasteiger partial charge on any atom is -0.483 e. The van der Waals surface area contributed by atoms with Gasteiger partial charge < -0.3 is 15.4 Å². The summed E-state index contributed by atoms with van der Waals surface area (Å²) >= 11 is 0. The third-order valence-electron chi connectivity index (χ3n) is 4.31. The molecule has 0 aliphatic heterocycles. The van der Waals surface area contributed by atoms with Crippen LogP contribution in [0.2, 0.25) is 0 Å². The maximum Gasteiger partial charge on any atom is 0.262 e. The average molecular weight is 454 g/mol. The molecule has 0 atom stereocenters. The number of carbonyl (C=O) groups excluding carboxylic acids is 2. The number of nitrogens with one attached hydrogen (secondary N) is 3. The smallest absolute Gasteiger partial charge is 0.262 e. The van der Waals surface area contributed by atoms with E-state index in [1.54, 1.807) is 61.5 Å². The van der Waals surface area contributed by atoms with Crippen molar-refractivity contribution in [2.75, 3.05) is 22.0 Å². The quantitative estimate of drug-likeness (QED) is 0.480. The Morgan fingerprint density at radius 2 is 1.50 bits per heavy atom. The number of rotatable bonds is 8. The van der Waals surface area contributed by atoms with Gasteiger partial charge in [0.1, 0.15) is 5.75 Å². The van der Waals surface area contributed by atoms with Gasteiger partial charge in [-0.15, -0.1) is 0 Å². The van der Waals surface area contributed by atoms with E-state index in [-0.39, 0.29) is 17.4 Å². The molecule has 0 fully saturated rings. The van der Waals surface area contributed by atoms with E-state index in [1.165, 1.54) is 25.1 Å². The summed E-state index contributed by atoms with van der Waals surface area (Å²) in [5.41, 5.74) is 2.11. The molecule has 9 heteroatoms. The van der Waals surface area contributed by atoms with Gasteiger partial charge >= 0.3 is 0 Å². The first-order chi connectivity index (χ1) is 15.2. The van der Waals surface area contributed by atoms with Crippen molar-refractivity contribution < 1.29 is 22.7 Å². The van der Waals surface area contributed by atoms with Gasteiger partial charge in [-0.05, 0) is 61.0 Å². The fraction of sp³-hybridized carbons (Fsp3) is 0.130. The van der Waals surface area contributed by atoms with E-state index in [0.717, 1.165) is 0 Å². The molecule has 32 heavy (non-hydrogen) atoms. The highest BCUT2D eigenvalue weighted by Gasteiger charge is 2.16. The zero-order valence-corrected chi connectivity index (χ0v) is 18.4. The monoisotopic (exact) mass is 453 g/mol. The molecular formula is C23H23N3O5S. The number of hydrogen-bond donors (Lipinski definition) is 3. The number of ether oxygens (including phenoxy) is 1. The third-order valence-corrected chi connectivity index (χ3v) is 5.69. The number of hydrogen-bond acceptors (Lipinski definition) is 5. The predicted molar refractivity (Wildman–Crippen MR) is 123 cm³/mol. The van der Waals surface area contributed by atoms with E-state index >= 15 is 0 Å². The molecule has 0 heterocycles. The summed E-state index contributed by atoms with van der Waals surface area (Å²) in [6, 6.07) is 19.7. The van der Waals surface area contributed by atoms with Gasteiger partial charge in [-0.2, -0.15) is 0 Å². The van der Waals surface area contributed by atoms with Crippen LogP contribution in [0.5, 0.6) is 5.75 Å². The molecule has 0 aliphatic carbocycles. The van der Waals surface area contributed by atoms with Crippen molar-refractivity contribution in [3.05, 3.63) is 78.4 Å². The molecule has 3 aromatic carbocycles. The minimum atomic E-state index is -3.75. The fourth-order valence-corrected chi connectivity index (χ4v) is 4.03. The maximum atomic E-state index is 12.6. The Kier molecular flexibility index (Phi) is 7.11. The second-order valence-corrected chi connectivity index (χ2v) is 8.68. The highest BCUT2D eigenvalue weighted by molar-refractivity contribution is 7.92. The van der Waals surface area contributed by atoms with Crippen molar-refractivity contribution in [1.82, 2.24) is 0 Å². The summed E-state index contributed by atoms with van der Waals surface area (Å²) in [4.78, 5) is 23.5. The van der Waals surface area contributed by atoms with Gasteiger partial charge in [-0.3, -0.25) is 14.3 Å². The lowest BCUT2D eigenvalue weighted by atomic mass is 10.2. The van der Waals surface area contributed by atoms with Crippen molar-refractivity contribution in [2.45, 2.75) is 18.7 Å². The molecule has 0 spiro atoms. The van der Waals surface area contributed by atoms with Gasteiger partial charge in [-0.1, -0.05) is 24.3 Å². The van der Waals surface area contributed by atoms with Crippen LogP contribution < -0.4 is 20.1 Å². The van der Waals surface area contributed by atoms with Crippen LogP contribution in [0.15, 0.2) is 77.7 Å². The van der Waals surface area contributed by atoms with Crippen molar-refractivity contribution in [3.63, 3.8) is 0 Å². The second-order valence-electron chi connectivity index (χ2n) is 7.00. The van der Waals surface area contributed by atoms with E-state index in [9.17, 15) is 18.0 Å². The Bertz CT molecular complexity index is 1230. The molecule has 0 aromatic heterocycles. The van der Waals surface area contributed by atoms with E-state index < -0.39 is 15.9 Å². The van der Waals surface area contributed by atoms with Crippen LogP contribution in [0.1, 0.15) is 12.5 Å². The van der Waals surface area contributed by atoms with Gasteiger partial charge in [0.05, 0.1) is 4.90 Å². The van der Waals surface area contributed by atoms with E-state index in [0.29, 0.717) is 28.4 Å². The first kappa shape index (κ1) is 22.8. The van der Waals surface area contributed by atoms with E-state index in [1.807, 2.05) is 0 Å². The topological polar surface area (TPSA) is 114 Å². The Morgan fingerprint density at radius 3 is 2.16 bits per heavy atom. The van der Waals surface area contributed by atoms with Crippen molar-refractivity contribution in [1.29, 1.82) is 0 Å². The highest BCUT2D eigenvalue weighted by atomic mass is 32.2. The van der Waals surface area contributed by atoms with E-state index in [4.69, 9.17) is 4.74 Å². The van der Waals surface area contributed by atoms with Crippen LogP contribution in [0.4, 0.5) is 17.1 Å². The number of carbonyl (C=O) groups is 2. The van der Waals surface area contributed by atoms with Crippen LogP contribution in [-0.4, -0.2) is 26.8 Å². The highest BCUT2D eigenvalue weighted by Crippen LogP contribution is 2.24. The fourth-order valence-electron chi connectivity index (χ4n) is 2.89. The standard InChI is InChI=1S/C23H23N3O5S/c1-16-13-21(32(29,30)26-18-7-4-3-5-8-18)11-12-22(16)31-15-23(28)25-20-10-6-9-19(14-20)24-17(2)27/h3-14,26H,15H2,1-2H3,(H,24,27)(H,25,28). The molecule has 8 nitrogen and oxygen atoms in total. The van der Waals surface area contributed by atoms with Gasteiger partial charge in [0.2, 0.25) is 5.91 Å². The van der Waals surface area contributed by atoms with Gasteiger partial charge in [0.25, 0.3) is 15.9 Å². The summed E-state index contributed by atoms with van der Waals surface area (Å²) in [5, 5.41) is 5.33. The summed E-state index contributed by atoms with van der Waals surface area (Å²) < 4.78 is 33.2. The second kappa shape index (κ2) is 9.97. The van der Waals surface area contributed by atoms with Crippen molar-refractivity contribution >= 4 is 38.9 Å². The number of anilines is 3. The molecule has 0 unspecified atom stereocenters. The van der Waals surface area contributed by atoms with E-state index in [2.05, 4.69) is 15.4 Å². The number of para-hydroxylation sites is 1. The third kappa shape index (κ3) is 6.32. The SMILES string of the molecule is CC(=O)Nc1cccc(NC(=O)COc2ccc(S(=O)(=O)Nc3ccccc3)cc2C)c1. The van der Waals surface area contributed by atoms with Crippen LogP contribution >= 0.6 is 0 Å². The molecular weight excluding hydrogens is 430 g/mol. The zero-order chi connectivity index (χ0) is 23.1. The first-order valence-corrected chi connectivity index (χ1v) is 11.2. The Labute approximate surface area is 186 Å². The predicted octanol–water partition coefficient (Wildman–Crippen LogP) is 3.77. The summed E-state index contributed by atoms with van der Waals surface area (Å²) in [6.07, 6.45) is 0. The van der Waals surface area contributed by atoms with Crippen LogP contribution in [0.3, 0.4) is 0 Å². The molecule has 2 amide bonds. The van der Waals surface area contributed by atoms with Crippen molar-refractivity contribution in [3.8, 4) is 5.75 Å². The molecule has 0 aliphatic rings. The largest absolute Gasteiger partial charge is 0.483 e. The molecule has 3 rings (SSSR count). The molecule has 0 bridgehead atoms. The molecule has 0 saturated heterocycles. The molecule has 166 valence electrons. The zero-order valence-electron chi connectivity index (χ0n) is 17.6. The Balaban J connectivity index is 1.61. The number of amides is 2. The number of aryl methyl sites for hydroxylation is 1. The van der Waals surface area contributed by atoms with Gasteiger partial charge in [0.15, 0.2) is 6.61 Å². The Hall–Kier alpha value is -3.85. The van der Waals surface area contributed by atoms with Gasteiger partial charge in [0, 0.05) is 24.0 Å². The van der Waals surface area contributed by atoms with Crippen LogP contribution in [0, 0.1) is 6.92 Å². The average Bonchev–Trinajstić information content (AvgIpc) is 2.73. The molecule has 3 N–H and O–H groups in total. The lowest BCUT2D eigenvalue weighted by molar-refractivity contribution is -0.118. The molecule has 0 radical (unpaired) electrons. The Morgan fingerprint density at radius 1 is 0.844 bits per heavy atom. The first-order valence-electron chi connectivity index (χ1n) is 9.72. The maximum absolute atomic E-state index is 12.6. The summed E-state index contributed by atoms with van der Waals surface area (Å²) in [5.74, 6) is -0.214. The summed E-state index contributed by atoms with van der Waals surface area (Å²) in [6.45, 7) is 2.83. The van der Waals surface area contributed by atoms with Crippen LogP contribution in [-0.2, 0) is 19.6 Å². The van der Waals surface area contributed by atoms with Gasteiger partial charge in [-0.25, -0.2) is 8.42 Å². The lowest BCUT2D eigenvalue weighted by Gasteiger charge is -2.13. The van der Waals surface area contributed by atoms with Crippen LogP contribution in [0.25, 0.3) is 0 Å². The number of sulfonamides is 1.